The van der Waals surface area contributed by atoms with Crippen molar-refractivity contribution in [2.24, 2.45) is 0 Å². The van der Waals surface area contributed by atoms with Crippen molar-refractivity contribution in [1.82, 2.24) is 19.9 Å². The van der Waals surface area contributed by atoms with Gasteiger partial charge < -0.3 is 19.5 Å². The molecule has 0 radical (unpaired) electrons. The number of amides is 1. The zero-order chi connectivity index (χ0) is 26.2. The smallest absolute Gasteiger partial charge is 0.261 e. The van der Waals surface area contributed by atoms with Crippen molar-refractivity contribution in [3.05, 3.63) is 81.7 Å². The summed E-state index contributed by atoms with van der Waals surface area (Å²) in [6.45, 7) is 3.09. The summed E-state index contributed by atoms with van der Waals surface area (Å²) in [6.07, 6.45) is 5.37. The molecule has 194 valence electrons. The number of fused-ring (bicyclic) bond motifs is 3. The van der Waals surface area contributed by atoms with Crippen molar-refractivity contribution < 1.29 is 19.4 Å². The number of aliphatic hydroxyl groups is 1. The second kappa shape index (κ2) is 10.2. The first-order valence-electron chi connectivity index (χ1n) is 12.5. The minimum Gasteiger partial charge on any atom is -0.475 e. The van der Waals surface area contributed by atoms with Crippen LogP contribution in [0, 0.1) is 6.92 Å². The highest BCUT2D eigenvalue weighted by Gasteiger charge is 2.28. The Morgan fingerprint density at radius 2 is 1.92 bits per heavy atom. The topological polar surface area (TPSA) is 111 Å². The van der Waals surface area contributed by atoms with Gasteiger partial charge in [-0.1, -0.05) is 23.7 Å². The Hall–Kier alpha value is -3.66. The molecule has 0 saturated heterocycles. The normalized spacial score (nSPS) is 14.5. The minimum absolute atomic E-state index is 0.112. The Bertz CT molecular complexity index is 1520. The number of nitrogens with zero attached hydrogens (tertiary/aromatic N) is 5. The van der Waals surface area contributed by atoms with Crippen LogP contribution >= 0.6 is 11.6 Å². The van der Waals surface area contributed by atoms with E-state index in [4.69, 9.17) is 26.2 Å². The number of hydrogen-bond donors (Lipinski definition) is 1. The molecule has 2 aliphatic rings. The first kappa shape index (κ1) is 24.7. The van der Waals surface area contributed by atoms with Crippen molar-refractivity contribution in [1.29, 1.82) is 0 Å². The lowest BCUT2D eigenvalue weighted by Crippen LogP contribution is -2.31. The van der Waals surface area contributed by atoms with Crippen molar-refractivity contribution >= 4 is 34.1 Å². The zero-order valence-corrected chi connectivity index (χ0v) is 21.6. The number of carbonyl (C=O) groups excluding carboxylic acids is 1. The largest absolute Gasteiger partial charge is 0.475 e. The Labute approximate surface area is 224 Å². The lowest BCUT2D eigenvalue weighted by atomic mass is 10.0. The standard InChI is InChI=1S/C28H26ClN5O4/c1-16-24(6-7-25(32-16)38-9-8-35)34(28(36)19-11-30-27(31-12-19)18-3-4-18)13-17-2-5-20-21-14-37-15-22(21)26(29)33-23(20)10-17/h2,5-7,10-12,18,35H,3-4,8-9,13-15H2,1H3. The third kappa shape index (κ3) is 4.80. The van der Waals surface area contributed by atoms with E-state index in [1.165, 1.54) is 0 Å². The Kier molecular flexibility index (Phi) is 6.65. The van der Waals surface area contributed by atoms with Crippen LogP contribution < -0.4 is 9.64 Å². The fourth-order valence-corrected chi connectivity index (χ4v) is 4.96. The van der Waals surface area contributed by atoms with Gasteiger partial charge in [0.25, 0.3) is 5.91 Å². The molecule has 1 saturated carbocycles. The molecule has 1 fully saturated rings. The van der Waals surface area contributed by atoms with Crippen molar-refractivity contribution in [2.45, 2.75) is 45.4 Å². The van der Waals surface area contributed by atoms with E-state index in [0.717, 1.165) is 46.3 Å². The van der Waals surface area contributed by atoms with E-state index in [-0.39, 0.29) is 25.7 Å². The number of aromatic nitrogens is 4. The van der Waals surface area contributed by atoms with Gasteiger partial charge in [0.1, 0.15) is 17.6 Å². The molecule has 4 heterocycles. The summed E-state index contributed by atoms with van der Waals surface area (Å²) in [5.74, 6) is 1.32. The van der Waals surface area contributed by atoms with Gasteiger partial charge in [-0.25, -0.2) is 19.9 Å². The van der Waals surface area contributed by atoms with Crippen LogP contribution in [0.1, 0.15) is 57.3 Å². The van der Waals surface area contributed by atoms with Gasteiger partial charge in [-0.2, -0.15) is 0 Å². The maximum Gasteiger partial charge on any atom is 0.261 e. The van der Waals surface area contributed by atoms with Crippen LogP contribution in [0.3, 0.4) is 0 Å². The van der Waals surface area contributed by atoms with Crippen LogP contribution in [0.5, 0.6) is 5.88 Å². The van der Waals surface area contributed by atoms with E-state index >= 15 is 0 Å². The number of rotatable bonds is 8. The van der Waals surface area contributed by atoms with Crippen LogP contribution in [0.15, 0.2) is 42.7 Å². The average Bonchev–Trinajstić information content (AvgIpc) is 3.66. The maximum atomic E-state index is 13.8. The van der Waals surface area contributed by atoms with Gasteiger partial charge in [-0.15, -0.1) is 0 Å². The van der Waals surface area contributed by atoms with Crippen LogP contribution in [0.2, 0.25) is 5.15 Å². The van der Waals surface area contributed by atoms with Gasteiger partial charge in [0.15, 0.2) is 0 Å². The second-order valence-corrected chi connectivity index (χ2v) is 9.88. The van der Waals surface area contributed by atoms with Crippen LogP contribution in [-0.4, -0.2) is 44.2 Å². The van der Waals surface area contributed by atoms with Gasteiger partial charge in [-0.05, 0) is 43.0 Å². The average molecular weight is 532 g/mol. The number of hydrogen-bond acceptors (Lipinski definition) is 8. The first-order valence-corrected chi connectivity index (χ1v) is 12.9. The van der Waals surface area contributed by atoms with E-state index in [1.54, 1.807) is 29.4 Å². The molecule has 10 heteroatoms. The van der Waals surface area contributed by atoms with Crippen molar-refractivity contribution in [3.63, 3.8) is 0 Å². The molecule has 1 N–H and O–H groups in total. The highest BCUT2D eigenvalue weighted by Crippen LogP contribution is 2.38. The summed E-state index contributed by atoms with van der Waals surface area (Å²) < 4.78 is 11.0. The molecule has 1 aliphatic carbocycles. The monoisotopic (exact) mass is 531 g/mol. The summed E-state index contributed by atoms with van der Waals surface area (Å²) in [5.41, 5.74) is 5.26. The van der Waals surface area contributed by atoms with E-state index in [2.05, 4.69) is 19.9 Å². The number of carbonyl (C=O) groups is 1. The van der Waals surface area contributed by atoms with E-state index in [0.29, 0.717) is 47.1 Å². The fraction of sp³-hybridized carbons (Fsp3) is 0.321. The number of pyridine rings is 2. The Balaban J connectivity index is 1.36. The molecule has 38 heavy (non-hydrogen) atoms. The van der Waals surface area contributed by atoms with E-state index in [1.807, 2.05) is 25.1 Å². The van der Waals surface area contributed by atoms with Crippen LogP contribution in [-0.2, 0) is 24.5 Å². The van der Waals surface area contributed by atoms with Crippen LogP contribution in [0.4, 0.5) is 5.69 Å². The third-order valence-corrected chi connectivity index (χ3v) is 7.14. The second-order valence-electron chi connectivity index (χ2n) is 9.53. The molecule has 9 nitrogen and oxygen atoms in total. The minimum atomic E-state index is -0.241. The number of aliphatic hydroxyl groups excluding tert-OH is 1. The molecule has 0 atom stereocenters. The highest BCUT2D eigenvalue weighted by atomic mass is 35.5. The molecular formula is C28H26ClN5O4. The zero-order valence-electron chi connectivity index (χ0n) is 20.9. The summed E-state index contributed by atoms with van der Waals surface area (Å²) in [5, 5.41) is 10.5. The van der Waals surface area contributed by atoms with Gasteiger partial charge in [0.05, 0.1) is 48.8 Å². The first-order chi connectivity index (χ1) is 18.5. The van der Waals surface area contributed by atoms with Crippen molar-refractivity contribution in [2.75, 3.05) is 18.1 Å². The molecule has 4 aromatic rings. The van der Waals surface area contributed by atoms with Gasteiger partial charge in [0, 0.05) is 35.3 Å². The van der Waals surface area contributed by atoms with E-state index in [9.17, 15) is 4.79 Å². The fourth-order valence-electron chi connectivity index (χ4n) is 4.70. The molecule has 0 bridgehead atoms. The summed E-state index contributed by atoms with van der Waals surface area (Å²) in [6, 6.07) is 9.44. The predicted octanol–water partition coefficient (Wildman–Crippen LogP) is 4.51. The van der Waals surface area contributed by atoms with Crippen LogP contribution in [0.25, 0.3) is 10.9 Å². The number of aryl methyl sites for hydroxylation is 1. The number of ether oxygens (including phenoxy) is 2. The maximum absolute atomic E-state index is 13.8. The molecule has 0 spiro atoms. The third-order valence-electron chi connectivity index (χ3n) is 6.82. The molecule has 6 rings (SSSR count). The molecular weight excluding hydrogens is 506 g/mol. The number of anilines is 1. The van der Waals surface area contributed by atoms with Gasteiger partial charge in [0.2, 0.25) is 5.88 Å². The summed E-state index contributed by atoms with van der Waals surface area (Å²) >= 11 is 6.44. The number of halogens is 1. The molecule has 1 amide bonds. The van der Waals surface area contributed by atoms with E-state index < -0.39 is 0 Å². The van der Waals surface area contributed by atoms with Gasteiger partial charge >= 0.3 is 0 Å². The Morgan fingerprint density at radius 1 is 1.13 bits per heavy atom. The predicted molar refractivity (Wildman–Crippen MR) is 141 cm³/mol. The SMILES string of the molecule is Cc1nc(OCCO)ccc1N(Cc1ccc2c3c(c(Cl)nc2c1)COC3)C(=O)c1cnc(C2CC2)nc1. The lowest BCUT2D eigenvalue weighted by Gasteiger charge is -2.25. The summed E-state index contributed by atoms with van der Waals surface area (Å²) in [7, 11) is 0. The molecule has 1 aromatic carbocycles. The summed E-state index contributed by atoms with van der Waals surface area (Å²) in [4.78, 5) is 33.5. The quantitative estimate of drug-likeness (QED) is 0.331. The lowest BCUT2D eigenvalue weighted by molar-refractivity contribution is 0.0984. The molecule has 1 aliphatic heterocycles. The van der Waals surface area contributed by atoms with Gasteiger partial charge in [-0.3, -0.25) is 4.79 Å². The molecule has 3 aromatic heterocycles. The Morgan fingerprint density at radius 3 is 2.66 bits per heavy atom. The molecule has 0 unspecified atom stereocenters. The highest BCUT2D eigenvalue weighted by molar-refractivity contribution is 6.30. The van der Waals surface area contributed by atoms with Crippen molar-refractivity contribution in [3.8, 4) is 5.88 Å². The number of benzene rings is 1.